The Hall–Kier alpha value is -2.37. The van der Waals surface area contributed by atoms with Gasteiger partial charge in [0, 0.05) is 5.56 Å². The van der Waals surface area contributed by atoms with E-state index >= 15 is 0 Å². The second kappa shape index (κ2) is 4.08. The van der Waals surface area contributed by atoms with Gasteiger partial charge in [-0.1, -0.05) is 12.1 Å². The fourth-order valence-corrected chi connectivity index (χ4v) is 1.85. The highest BCUT2D eigenvalue weighted by atomic mass is 19.4. The maximum Gasteiger partial charge on any atom is 0.416 e. The molecule has 0 radical (unpaired) electrons. The Morgan fingerprint density at radius 3 is 2.68 bits per heavy atom. The van der Waals surface area contributed by atoms with Crippen molar-refractivity contribution >= 4 is 11.0 Å². The first-order valence-electron chi connectivity index (χ1n) is 5.51. The standard InChI is InChI=1S/C13H8F3N3/c14-13(15,16)9-3-1-2-8(4-9)10-5-11-12(6-17-10)19-7-18-11/h1-7H,(H,18,19). The normalized spacial score (nSPS) is 11.9. The molecule has 1 N–H and O–H groups in total. The minimum atomic E-state index is -4.35. The van der Waals surface area contributed by atoms with Crippen LogP contribution >= 0.6 is 0 Å². The minimum Gasteiger partial charge on any atom is -0.343 e. The van der Waals surface area contributed by atoms with E-state index in [4.69, 9.17) is 0 Å². The van der Waals surface area contributed by atoms with Crippen LogP contribution < -0.4 is 0 Å². The summed E-state index contributed by atoms with van der Waals surface area (Å²) in [4.78, 5) is 11.1. The van der Waals surface area contributed by atoms with Crippen molar-refractivity contribution in [3.8, 4) is 11.3 Å². The highest BCUT2D eigenvalue weighted by molar-refractivity contribution is 5.78. The Balaban J connectivity index is 2.10. The molecule has 1 aromatic carbocycles. The van der Waals surface area contributed by atoms with E-state index in [-0.39, 0.29) is 0 Å². The van der Waals surface area contributed by atoms with E-state index in [1.165, 1.54) is 12.4 Å². The molecule has 6 heteroatoms. The number of aromatic nitrogens is 3. The molecule has 0 amide bonds. The van der Waals surface area contributed by atoms with Gasteiger partial charge >= 0.3 is 6.18 Å². The molecule has 0 fully saturated rings. The number of pyridine rings is 1. The summed E-state index contributed by atoms with van der Waals surface area (Å²) in [6.45, 7) is 0. The average Bonchev–Trinajstić information content (AvgIpc) is 2.85. The summed E-state index contributed by atoms with van der Waals surface area (Å²) < 4.78 is 37.9. The van der Waals surface area contributed by atoms with Gasteiger partial charge in [-0.05, 0) is 18.2 Å². The molecule has 3 aromatic rings. The summed E-state index contributed by atoms with van der Waals surface area (Å²) in [6.07, 6.45) is -1.29. The molecule has 0 bridgehead atoms. The van der Waals surface area contributed by atoms with E-state index in [0.29, 0.717) is 16.8 Å². The lowest BCUT2D eigenvalue weighted by Gasteiger charge is -2.08. The molecule has 0 atom stereocenters. The first-order valence-corrected chi connectivity index (χ1v) is 5.51. The third kappa shape index (κ3) is 2.16. The average molecular weight is 263 g/mol. The van der Waals surface area contributed by atoms with Gasteiger partial charge in [-0.15, -0.1) is 0 Å². The van der Waals surface area contributed by atoms with Crippen LogP contribution in [0.2, 0.25) is 0 Å². The van der Waals surface area contributed by atoms with E-state index in [1.54, 1.807) is 18.3 Å². The monoisotopic (exact) mass is 263 g/mol. The second-order valence-corrected chi connectivity index (χ2v) is 4.07. The highest BCUT2D eigenvalue weighted by Gasteiger charge is 2.30. The maximum atomic E-state index is 12.6. The molecule has 0 saturated carbocycles. The van der Waals surface area contributed by atoms with Gasteiger partial charge in [0.05, 0.1) is 34.8 Å². The quantitative estimate of drug-likeness (QED) is 0.728. The van der Waals surface area contributed by atoms with Crippen LogP contribution in [0.25, 0.3) is 22.3 Å². The zero-order valence-electron chi connectivity index (χ0n) is 9.57. The van der Waals surface area contributed by atoms with Gasteiger partial charge in [-0.3, -0.25) is 4.98 Å². The van der Waals surface area contributed by atoms with Crippen molar-refractivity contribution in [3.63, 3.8) is 0 Å². The number of H-pyrrole nitrogens is 1. The number of rotatable bonds is 1. The fraction of sp³-hybridized carbons (Fsp3) is 0.0769. The third-order valence-corrected chi connectivity index (χ3v) is 2.79. The number of hydrogen-bond acceptors (Lipinski definition) is 2. The largest absolute Gasteiger partial charge is 0.416 e. The summed E-state index contributed by atoms with van der Waals surface area (Å²) in [5, 5.41) is 0. The molecule has 0 aliphatic carbocycles. The zero-order valence-corrected chi connectivity index (χ0v) is 9.57. The topological polar surface area (TPSA) is 41.6 Å². The van der Waals surface area contributed by atoms with Crippen LogP contribution in [0.1, 0.15) is 5.56 Å². The number of fused-ring (bicyclic) bond motifs is 1. The number of halogens is 3. The number of benzene rings is 1. The molecule has 0 spiro atoms. The summed E-state index contributed by atoms with van der Waals surface area (Å²) >= 11 is 0. The van der Waals surface area contributed by atoms with Crippen molar-refractivity contribution in [1.29, 1.82) is 0 Å². The molecule has 0 aliphatic rings. The number of nitrogens with zero attached hydrogens (tertiary/aromatic N) is 2. The van der Waals surface area contributed by atoms with E-state index in [2.05, 4.69) is 15.0 Å². The Bertz CT molecular complexity index is 731. The molecule has 0 saturated heterocycles. The number of imidazole rings is 1. The molecule has 2 heterocycles. The molecule has 3 rings (SSSR count). The van der Waals surface area contributed by atoms with Crippen molar-refractivity contribution in [2.45, 2.75) is 6.18 Å². The Morgan fingerprint density at radius 1 is 1.05 bits per heavy atom. The summed E-state index contributed by atoms with van der Waals surface area (Å²) in [6, 6.07) is 6.74. The summed E-state index contributed by atoms with van der Waals surface area (Å²) in [5.74, 6) is 0. The van der Waals surface area contributed by atoms with Crippen molar-refractivity contribution in [2.24, 2.45) is 0 Å². The van der Waals surface area contributed by atoms with Gasteiger partial charge in [-0.25, -0.2) is 4.98 Å². The molecular weight excluding hydrogens is 255 g/mol. The summed E-state index contributed by atoms with van der Waals surface area (Å²) in [5.41, 5.74) is 1.61. The van der Waals surface area contributed by atoms with Crippen molar-refractivity contribution in [3.05, 3.63) is 48.4 Å². The van der Waals surface area contributed by atoms with Gasteiger partial charge in [0.2, 0.25) is 0 Å². The SMILES string of the molecule is FC(F)(F)c1cccc(-c2cc3nc[nH]c3cn2)c1. The van der Waals surface area contributed by atoms with E-state index in [9.17, 15) is 13.2 Å². The predicted molar refractivity (Wildman–Crippen MR) is 64.3 cm³/mol. The molecule has 3 nitrogen and oxygen atoms in total. The molecular formula is C13H8F3N3. The van der Waals surface area contributed by atoms with Crippen LogP contribution in [0.3, 0.4) is 0 Å². The first kappa shape index (κ1) is 11.7. The van der Waals surface area contributed by atoms with Crippen LogP contribution in [0, 0.1) is 0 Å². The minimum absolute atomic E-state index is 0.416. The summed E-state index contributed by atoms with van der Waals surface area (Å²) in [7, 11) is 0. The van der Waals surface area contributed by atoms with Crippen LogP contribution in [-0.4, -0.2) is 15.0 Å². The smallest absolute Gasteiger partial charge is 0.343 e. The molecule has 19 heavy (non-hydrogen) atoms. The lowest BCUT2D eigenvalue weighted by molar-refractivity contribution is -0.137. The van der Waals surface area contributed by atoms with Gasteiger partial charge in [0.1, 0.15) is 0 Å². The lowest BCUT2D eigenvalue weighted by atomic mass is 10.1. The fourth-order valence-electron chi connectivity index (χ4n) is 1.85. The van der Waals surface area contributed by atoms with Crippen LogP contribution in [0.5, 0.6) is 0 Å². The third-order valence-electron chi connectivity index (χ3n) is 2.79. The van der Waals surface area contributed by atoms with E-state index in [1.807, 2.05) is 0 Å². The number of alkyl halides is 3. The van der Waals surface area contributed by atoms with E-state index in [0.717, 1.165) is 17.6 Å². The lowest BCUT2D eigenvalue weighted by Crippen LogP contribution is -2.04. The van der Waals surface area contributed by atoms with E-state index < -0.39 is 11.7 Å². The van der Waals surface area contributed by atoms with Crippen LogP contribution in [-0.2, 0) is 6.18 Å². The molecule has 0 unspecified atom stereocenters. The molecule has 0 aliphatic heterocycles. The van der Waals surface area contributed by atoms with Crippen molar-refractivity contribution < 1.29 is 13.2 Å². The maximum absolute atomic E-state index is 12.6. The molecule has 2 aromatic heterocycles. The molecule has 96 valence electrons. The van der Waals surface area contributed by atoms with Crippen molar-refractivity contribution in [1.82, 2.24) is 15.0 Å². The van der Waals surface area contributed by atoms with Gasteiger partial charge < -0.3 is 4.98 Å². The van der Waals surface area contributed by atoms with Crippen LogP contribution in [0.15, 0.2) is 42.9 Å². The predicted octanol–water partition coefficient (Wildman–Crippen LogP) is 3.64. The zero-order chi connectivity index (χ0) is 13.5. The first-order chi connectivity index (χ1) is 9.04. The van der Waals surface area contributed by atoms with Gasteiger partial charge in [-0.2, -0.15) is 13.2 Å². The van der Waals surface area contributed by atoms with Gasteiger partial charge in [0.15, 0.2) is 0 Å². The Labute approximate surface area is 106 Å². The Morgan fingerprint density at radius 2 is 1.89 bits per heavy atom. The second-order valence-electron chi connectivity index (χ2n) is 4.07. The number of aromatic amines is 1. The van der Waals surface area contributed by atoms with Crippen molar-refractivity contribution in [2.75, 3.05) is 0 Å². The highest BCUT2D eigenvalue weighted by Crippen LogP contribution is 2.31. The van der Waals surface area contributed by atoms with Gasteiger partial charge in [0.25, 0.3) is 0 Å². The van der Waals surface area contributed by atoms with Crippen LogP contribution in [0.4, 0.5) is 13.2 Å². The number of nitrogens with one attached hydrogen (secondary N) is 1. The Kier molecular flexibility index (Phi) is 2.51. The number of hydrogen-bond donors (Lipinski definition) is 1.